The van der Waals surface area contributed by atoms with Crippen LogP contribution in [0.15, 0.2) is 30.3 Å². The molecular formula is C23H33O8PSi. The van der Waals surface area contributed by atoms with Gasteiger partial charge in [0.05, 0.1) is 34.7 Å². The van der Waals surface area contributed by atoms with Crippen molar-refractivity contribution in [2.75, 3.05) is 42.3 Å². The molecule has 2 atom stereocenters. The van der Waals surface area contributed by atoms with Crippen molar-refractivity contribution in [3.05, 3.63) is 41.5 Å². The van der Waals surface area contributed by atoms with Crippen LogP contribution in [0.2, 0.25) is 19.6 Å². The van der Waals surface area contributed by atoms with Crippen molar-refractivity contribution in [3.8, 4) is 28.7 Å². The second kappa shape index (κ2) is 9.97. The van der Waals surface area contributed by atoms with E-state index in [0.717, 1.165) is 11.1 Å². The molecule has 2 aromatic carbocycles. The Hall–Kier alpha value is -2.19. The summed E-state index contributed by atoms with van der Waals surface area (Å²) in [7, 11) is 1.82. The molecule has 33 heavy (non-hydrogen) atoms. The SMILES string of the molecule is COc1cc(OC)c(C(c2ccc3c(c2)OCO3)C([Si](C)(C)C)P(=O)(OC)OC)c(OC)c1. The maximum Gasteiger partial charge on any atom is 0.331 e. The molecule has 0 bridgehead atoms. The van der Waals surface area contributed by atoms with Gasteiger partial charge in [-0.2, -0.15) is 0 Å². The van der Waals surface area contributed by atoms with E-state index in [4.69, 9.17) is 32.7 Å². The molecule has 1 heterocycles. The molecule has 2 unspecified atom stereocenters. The molecule has 0 spiro atoms. The summed E-state index contributed by atoms with van der Waals surface area (Å²) >= 11 is 0. The lowest BCUT2D eigenvalue weighted by molar-refractivity contribution is 0.174. The van der Waals surface area contributed by atoms with Crippen molar-refractivity contribution < 1.29 is 37.3 Å². The van der Waals surface area contributed by atoms with Crippen molar-refractivity contribution in [1.29, 1.82) is 0 Å². The fourth-order valence-corrected chi connectivity index (χ4v) is 11.5. The molecule has 0 saturated heterocycles. The van der Waals surface area contributed by atoms with E-state index in [-0.39, 0.29) is 6.79 Å². The van der Waals surface area contributed by atoms with Crippen LogP contribution in [0, 0.1) is 0 Å². The van der Waals surface area contributed by atoms with E-state index >= 15 is 0 Å². The molecule has 1 aliphatic rings. The van der Waals surface area contributed by atoms with Crippen LogP contribution in [-0.4, -0.2) is 55.7 Å². The Morgan fingerprint density at radius 1 is 0.848 bits per heavy atom. The highest BCUT2D eigenvalue weighted by Crippen LogP contribution is 2.62. The van der Waals surface area contributed by atoms with Gasteiger partial charge in [0.2, 0.25) is 6.79 Å². The van der Waals surface area contributed by atoms with Crippen LogP contribution in [0.25, 0.3) is 0 Å². The van der Waals surface area contributed by atoms with Gasteiger partial charge in [-0.1, -0.05) is 25.7 Å². The second-order valence-corrected chi connectivity index (χ2v) is 17.0. The lowest BCUT2D eigenvalue weighted by atomic mass is 9.90. The summed E-state index contributed by atoms with van der Waals surface area (Å²) in [5.41, 5.74) is 1.60. The van der Waals surface area contributed by atoms with Gasteiger partial charge in [-0.3, -0.25) is 4.57 Å². The average molecular weight is 497 g/mol. The van der Waals surface area contributed by atoms with Gasteiger partial charge in [-0.25, -0.2) is 0 Å². The van der Waals surface area contributed by atoms with Gasteiger partial charge in [0.15, 0.2) is 11.5 Å². The highest BCUT2D eigenvalue weighted by Gasteiger charge is 2.51. The van der Waals surface area contributed by atoms with E-state index < -0.39 is 26.9 Å². The maximum atomic E-state index is 14.1. The highest BCUT2D eigenvalue weighted by atomic mass is 31.2. The first-order valence-corrected chi connectivity index (χ1v) is 15.7. The molecule has 2 aromatic rings. The second-order valence-electron chi connectivity index (χ2n) is 8.75. The third kappa shape index (κ3) is 4.87. The number of methoxy groups -OCH3 is 3. The summed E-state index contributed by atoms with van der Waals surface area (Å²) < 4.78 is 53.5. The molecule has 0 aliphatic carbocycles. The summed E-state index contributed by atoms with van der Waals surface area (Å²) in [6, 6.07) is 9.31. The molecule has 0 amide bonds. The number of fused-ring (bicyclic) bond motifs is 1. The van der Waals surface area contributed by atoms with Crippen LogP contribution in [0.4, 0.5) is 0 Å². The molecule has 8 nitrogen and oxygen atoms in total. The Labute approximate surface area is 196 Å². The van der Waals surface area contributed by atoms with Crippen molar-refractivity contribution in [3.63, 3.8) is 0 Å². The van der Waals surface area contributed by atoms with E-state index in [2.05, 4.69) is 19.6 Å². The summed E-state index contributed by atoms with van der Waals surface area (Å²) in [4.78, 5) is 0. The Balaban J connectivity index is 2.39. The topological polar surface area (TPSA) is 81.7 Å². The van der Waals surface area contributed by atoms with Gasteiger partial charge in [-0.15, -0.1) is 0 Å². The van der Waals surface area contributed by atoms with Crippen LogP contribution in [0.5, 0.6) is 28.7 Å². The minimum absolute atomic E-state index is 0.157. The van der Waals surface area contributed by atoms with Crippen LogP contribution >= 0.6 is 7.60 Å². The molecule has 0 N–H and O–H groups in total. The van der Waals surface area contributed by atoms with E-state index in [1.165, 1.54) is 14.2 Å². The molecule has 0 saturated carbocycles. The largest absolute Gasteiger partial charge is 0.496 e. The zero-order chi connectivity index (χ0) is 24.4. The smallest absolute Gasteiger partial charge is 0.331 e. The zero-order valence-electron chi connectivity index (χ0n) is 20.5. The first-order chi connectivity index (χ1) is 15.6. The Bertz CT molecular complexity index is 1000. The number of hydrogen-bond acceptors (Lipinski definition) is 8. The van der Waals surface area contributed by atoms with Crippen LogP contribution < -0.4 is 23.7 Å². The minimum Gasteiger partial charge on any atom is -0.496 e. The van der Waals surface area contributed by atoms with Gasteiger partial charge in [0, 0.05) is 37.8 Å². The number of rotatable bonds is 10. The monoisotopic (exact) mass is 496 g/mol. The van der Waals surface area contributed by atoms with Gasteiger partial charge in [-0.05, 0) is 17.7 Å². The van der Waals surface area contributed by atoms with Crippen molar-refractivity contribution >= 4 is 15.7 Å². The minimum atomic E-state index is -3.55. The summed E-state index contributed by atoms with van der Waals surface area (Å²) in [5, 5.41) is -0.475. The average Bonchev–Trinajstić information content (AvgIpc) is 3.28. The van der Waals surface area contributed by atoms with Crippen molar-refractivity contribution in [2.24, 2.45) is 0 Å². The molecule has 0 radical (unpaired) electrons. The van der Waals surface area contributed by atoms with Gasteiger partial charge in [0.1, 0.15) is 17.2 Å². The van der Waals surface area contributed by atoms with Crippen LogP contribution in [0.3, 0.4) is 0 Å². The van der Waals surface area contributed by atoms with Gasteiger partial charge < -0.3 is 32.7 Å². The highest BCUT2D eigenvalue weighted by molar-refractivity contribution is 7.58. The van der Waals surface area contributed by atoms with Crippen LogP contribution in [-0.2, 0) is 13.6 Å². The molecule has 0 fully saturated rings. The summed E-state index contributed by atoms with van der Waals surface area (Å²) in [6.07, 6.45) is 0. The molecule has 182 valence electrons. The lowest BCUT2D eigenvalue weighted by Gasteiger charge is -2.40. The van der Waals surface area contributed by atoms with Crippen molar-refractivity contribution in [2.45, 2.75) is 30.8 Å². The number of hydrogen-bond donors (Lipinski definition) is 0. The third-order valence-corrected chi connectivity index (χ3v) is 13.3. The Kier molecular flexibility index (Phi) is 7.68. The van der Waals surface area contributed by atoms with Crippen LogP contribution in [0.1, 0.15) is 17.0 Å². The first kappa shape index (κ1) is 25.4. The van der Waals surface area contributed by atoms with Gasteiger partial charge >= 0.3 is 7.60 Å². The molecule has 10 heteroatoms. The van der Waals surface area contributed by atoms with Gasteiger partial charge in [0.25, 0.3) is 0 Å². The normalized spacial score (nSPS) is 15.2. The number of benzene rings is 2. The fourth-order valence-electron chi connectivity index (χ4n) is 4.41. The molecular weight excluding hydrogens is 463 g/mol. The lowest BCUT2D eigenvalue weighted by Crippen LogP contribution is -2.43. The predicted molar refractivity (Wildman–Crippen MR) is 129 cm³/mol. The quantitative estimate of drug-likeness (QED) is 0.324. The van der Waals surface area contributed by atoms with E-state index in [1.54, 1.807) is 33.5 Å². The summed E-state index contributed by atoms with van der Waals surface area (Å²) in [5.74, 6) is 2.53. The third-order valence-electron chi connectivity index (χ3n) is 5.87. The number of ether oxygens (including phenoxy) is 5. The predicted octanol–water partition coefficient (Wildman–Crippen LogP) is 5.30. The first-order valence-electron chi connectivity index (χ1n) is 10.5. The molecule has 0 aromatic heterocycles. The zero-order valence-corrected chi connectivity index (χ0v) is 22.4. The Morgan fingerprint density at radius 2 is 1.42 bits per heavy atom. The van der Waals surface area contributed by atoms with E-state index in [9.17, 15) is 4.57 Å². The molecule has 3 rings (SSSR count). The summed E-state index contributed by atoms with van der Waals surface area (Å²) in [6.45, 7) is 6.59. The van der Waals surface area contributed by atoms with E-state index in [0.29, 0.717) is 28.7 Å². The standard InChI is InChI=1S/C23H33O8PSi/c1-25-16-12-19(26-2)22(20(13-16)27-3)21(15-9-10-17-18(11-15)31-14-30-17)23(33(6,7)8)32(24,28-4)29-5/h9-13,21,23H,14H2,1-8H3. The Morgan fingerprint density at radius 3 is 1.91 bits per heavy atom. The van der Waals surface area contributed by atoms with Crippen molar-refractivity contribution in [1.82, 2.24) is 0 Å². The molecule has 1 aliphatic heterocycles. The maximum absolute atomic E-state index is 14.1. The fraction of sp³-hybridized carbons (Fsp3) is 0.478. The van der Waals surface area contributed by atoms with E-state index in [1.807, 2.05) is 18.2 Å².